The van der Waals surface area contributed by atoms with Crippen LogP contribution in [0.15, 0.2) is 93.5 Å². The van der Waals surface area contributed by atoms with Crippen molar-refractivity contribution >= 4 is 15.9 Å². The lowest BCUT2D eigenvalue weighted by molar-refractivity contribution is 0.550. The standard InChI is InChI=1S/C28H25Br/c1-2-19-20-9-3-6-12-24(20)28(25-13-7-4-10-21(19)25)26-14-8-5-11-22(26)23-17-18(29)15-16-27(23)28/h3,5,7-9,11,13-17,19H,2,4,6,10,12H2,1H3. The van der Waals surface area contributed by atoms with E-state index in [2.05, 4.69) is 89.6 Å². The lowest BCUT2D eigenvalue weighted by Crippen LogP contribution is -2.38. The second-order valence-electron chi connectivity index (χ2n) is 8.70. The summed E-state index contributed by atoms with van der Waals surface area (Å²) >= 11 is 3.74. The van der Waals surface area contributed by atoms with Gasteiger partial charge in [0.05, 0.1) is 5.41 Å². The largest absolute Gasteiger partial charge is 0.0839 e. The van der Waals surface area contributed by atoms with Crippen LogP contribution < -0.4 is 0 Å². The third kappa shape index (κ3) is 2.20. The molecule has 4 aliphatic rings. The summed E-state index contributed by atoms with van der Waals surface area (Å²) in [4.78, 5) is 0. The molecule has 1 spiro atoms. The Hall–Kier alpha value is -2.12. The van der Waals surface area contributed by atoms with E-state index < -0.39 is 0 Å². The molecule has 2 unspecified atom stereocenters. The fourth-order valence-electron chi connectivity index (χ4n) is 6.51. The van der Waals surface area contributed by atoms with Gasteiger partial charge in [-0.15, -0.1) is 0 Å². The normalized spacial score (nSPS) is 26.5. The summed E-state index contributed by atoms with van der Waals surface area (Å²) in [6.45, 7) is 2.37. The fraction of sp³-hybridized carbons (Fsp3) is 0.286. The highest BCUT2D eigenvalue weighted by Gasteiger charge is 2.52. The van der Waals surface area contributed by atoms with Crippen LogP contribution in [0, 0.1) is 5.92 Å². The predicted octanol–water partition coefficient (Wildman–Crippen LogP) is 8.05. The van der Waals surface area contributed by atoms with E-state index in [0.29, 0.717) is 5.92 Å². The summed E-state index contributed by atoms with van der Waals surface area (Å²) in [5, 5.41) is 0. The van der Waals surface area contributed by atoms with Gasteiger partial charge in [-0.3, -0.25) is 0 Å². The quantitative estimate of drug-likeness (QED) is 0.420. The highest BCUT2D eigenvalue weighted by atomic mass is 79.9. The number of hydrogen-bond acceptors (Lipinski definition) is 0. The van der Waals surface area contributed by atoms with Gasteiger partial charge >= 0.3 is 0 Å². The molecule has 4 aliphatic carbocycles. The molecule has 0 saturated carbocycles. The first-order valence-corrected chi connectivity index (χ1v) is 11.8. The molecule has 6 rings (SSSR count). The Balaban J connectivity index is 1.79. The van der Waals surface area contributed by atoms with Gasteiger partial charge in [0.25, 0.3) is 0 Å². The van der Waals surface area contributed by atoms with Crippen molar-refractivity contribution in [2.24, 2.45) is 5.92 Å². The first-order valence-electron chi connectivity index (χ1n) is 11.0. The van der Waals surface area contributed by atoms with Crippen LogP contribution in [0.5, 0.6) is 0 Å². The number of fused-ring (bicyclic) bond motifs is 7. The van der Waals surface area contributed by atoms with Crippen molar-refractivity contribution in [3.63, 3.8) is 0 Å². The predicted molar refractivity (Wildman–Crippen MR) is 125 cm³/mol. The van der Waals surface area contributed by atoms with Crippen molar-refractivity contribution in [1.82, 2.24) is 0 Å². The molecule has 0 heterocycles. The Morgan fingerprint density at radius 3 is 2.62 bits per heavy atom. The molecule has 2 aromatic rings. The van der Waals surface area contributed by atoms with Gasteiger partial charge < -0.3 is 0 Å². The molecule has 0 fully saturated rings. The smallest absolute Gasteiger partial charge is 0.0679 e. The fourth-order valence-corrected chi connectivity index (χ4v) is 6.87. The Bertz CT molecular complexity index is 1160. The van der Waals surface area contributed by atoms with E-state index in [-0.39, 0.29) is 5.41 Å². The lowest BCUT2D eigenvalue weighted by Gasteiger charge is -2.47. The maximum absolute atomic E-state index is 3.74. The van der Waals surface area contributed by atoms with Crippen molar-refractivity contribution in [3.8, 4) is 11.1 Å². The molecule has 0 amide bonds. The monoisotopic (exact) mass is 440 g/mol. The van der Waals surface area contributed by atoms with Gasteiger partial charge in [0.1, 0.15) is 0 Å². The molecule has 2 aromatic carbocycles. The molecule has 1 heteroatoms. The molecule has 2 atom stereocenters. The van der Waals surface area contributed by atoms with E-state index in [9.17, 15) is 0 Å². The van der Waals surface area contributed by atoms with Gasteiger partial charge in [-0.05, 0) is 83.2 Å². The second-order valence-corrected chi connectivity index (χ2v) is 9.62. The molecule has 0 aliphatic heterocycles. The number of rotatable bonds is 1. The maximum atomic E-state index is 3.74. The number of benzene rings is 2. The van der Waals surface area contributed by atoms with E-state index in [1.54, 1.807) is 22.3 Å². The van der Waals surface area contributed by atoms with Crippen LogP contribution in [0.2, 0.25) is 0 Å². The van der Waals surface area contributed by atoms with Crippen molar-refractivity contribution < 1.29 is 0 Å². The molecule has 29 heavy (non-hydrogen) atoms. The molecule has 0 saturated heterocycles. The van der Waals surface area contributed by atoms with Crippen LogP contribution in [-0.2, 0) is 5.41 Å². The van der Waals surface area contributed by atoms with Crippen LogP contribution in [0.25, 0.3) is 11.1 Å². The SMILES string of the molecule is CCC1C2=C(CCC=C2)C2(C3=C1CCC=C3)c1ccccc1-c1cc(Br)ccc12. The molecular formula is C28H25Br. The summed E-state index contributed by atoms with van der Waals surface area (Å²) in [6, 6.07) is 16.1. The van der Waals surface area contributed by atoms with E-state index >= 15 is 0 Å². The van der Waals surface area contributed by atoms with Gasteiger partial charge in [-0.25, -0.2) is 0 Å². The number of hydrogen-bond donors (Lipinski definition) is 0. The Morgan fingerprint density at radius 2 is 1.72 bits per heavy atom. The van der Waals surface area contributed by atoms with E-state index in [4.69, 9.17) is 0 Å². The minimum absolute atomic E-state index is 0.107. The van der Waals surface area contributed by atoms with Crippen LogP contribution >= 0.6 is 15.9 Å². The summed E-state index contributed by atoms with van der Waals surface area (Å²) in [5.74, 6) is 0.582. The molecular weight excluding hydrogens is 416 g/mol. The van der Waals surface area contributed by atoms with Crippen molar-refractivity contribution in [1.29, 1.82) is 0 Å². The highest BCUT2D eigenvalue weighted by Crippen LogP contribution is 2.63. The minimum Gasteiger partial charge on any atom is -0.0839 e. The summed E-state index contributed by atoms with van der Waals surface area (Å²) in [7, 11) is 0. The van der Waals surface area contributed by atoms with Gasteiger partial charge in [0.15, 0.2) is 0 Å². The van der Waals surface area contributed by atoms with Gasteiger partial charge in [0.2, 0.25) is 0 Å². The summed E-state index contributed by atoms with van der Waals surface area (Å²) in [5.41, 5.74) is 12.2. The lowest BCUT2D eigenvalue weighted by atomic mass is 9.55. The highest BCUT2D eigenvalue weighted by molar-refractivity contribution is 9.10. The Labute approximate surface area is 181 Å². The van der Waals surface area contributed by atoms with Gasteiger partial charge in [-0.2, -0.15) is 0 Å². The number of allylic oxidation sites excluding steroid dienone is 8. The first kappa shape index (κ1) is 17.7. The van der Waals surface area contributed by atoms with Crippen molar-refractivity contribution in [2.45, 2.75) is 44.4 Å². The first-order chi connectivity index (χ1) is 14.3. The molecule has 0 N–H and O–H groups in total. The average Bonchev–Trinajstić information content (AvgIpc) is 3.05. The second kappa shape index (κ2) is 6.44. The van der Waals surface area contributed by atoms with Crippen molar-refractivity contribution in [2.75, 3.05) is 0 Å². The van der Waals surface area contributed by atoms with Crippen LogP contribution in [-0.4, -0.2) is 0 Å². The maximum Gasteiger partial charge on any atom is 0.0679 e. The average molecular weight is 441 g/mol. The van der Waals surface area contributed by atoms with Crippen LogP contribution in [0.1, 0.15) is 50.2 Å². The molecule has 0 nitrogen and oxygen atoms in total. The summed E-state index contributed by atoms with van der Waals surface area (Å²) in [6.07, 6.45) is 15.7. The molecule has 0 radical (unpaired) electrons. The molecule has 0 bridgehead atoms. The zero-order chi connectivity index (χ0) is 19.6. The molecule has 144 valence electrons. The third-order valence-corrected chi connectivity index (χ3v) is 7.98. The summed E-state index contributed by atoms with van der Waals surface area (Å²) < 4.78 is 1.16. The third-order valence-electron chi connectivity index (χ3n) is 7.49. The zero-order valence-electron chi connectivity index (χ0n) is 16.8. The zero-order valence-corrected chi connectivity index (χ0v) is 18.4. The topological polar surface area (TPSA) is 0 Å². The number of halogens is 1. The minimum atomic E-state index is -0.107. The Kier molecular flexibility index (Phi) is 3.93. The van der Waals surface area contributed by atoms with Crippen LogP contribution in [0.3, 0.4) is 0 Å². The van der Waals surface area contributed by atoms with Gasteiger partial charge in [0, 0.05) is 10.4 Å². The Morgan fingerprint density at radius 1 is 0.931 bits per heavy atom. The van der Waals surface area contributed by atoms with Crippen molar-refractivity contribution in [3.05, 3.63) is 105 Å². The molecule has 0 aromatic heterocycles. The van der Waals surface area contributed by atoms with Crippen LogP contribution in [0.4, 0.5) is 0 Å². The van der Waals surface area contributed by atoms with E-state index in [1.807, 2.05) is 0 Å². The van der Waals surface area contributed by atoms with Gasteiger partial charge in [-0.1, -0.05) is 83.1 Å². The van der Waals surface area contributed by atoms with E-state index in [1.165, 1.54) is 41.5 Å². The van der Waals surface area contributed by atoms with E-state index in [0.717, 1.165) is 17.3 Å².